The molecule has 37 heavy (non-hydrogen) atoms. The SMILES string of the molecule is CC(C)NC(=O)N(CC(=O)Nc1nc(-c2ccccc2)cn1-c1ccc(C(C)C)cc1)C[C@H]1CCCO1. The van der Waals surface area contributed by atoms with E-state index in [0.717, 1.165) is 29.8 Å². The largest absolute Gasteiger partial charge is 0.376 e. The Kier molecular flexibility index (Phi) is 8.61. The Hall–Kier alpha value is -3.65. The van der Waals surface area contributed by atoms with Crippen LogP contribution in [0, 0.1) is 0 Å². The monoisotopic (exact) mass is 503 g/mol. The van der Waals surface area contributed by atoms with Crippen LogP contribution in [-0.2, 0) is 9.53 Å². The predicted molar refractivity (Wildman–Crippen MR) is 146 cm³/mol. The van der Waals surface area contributed by atoms with E-state index in [0.29, 0.717) is 25.0 Å². The summed E-state index contributed by atoms with van der Waals surface area (Å²) in [7, 11) is 0. The van der Waals surface area contributed by atoms with Gasteiger partial charge in [0.05, 0.1) is 11.8 Å². The van der Waals surface area contributed by atoms with E-state index in [1.807, 2.05) is 67.1 Å². The van der Waals surface area contributed by atoms with Crippen LogP contribution >= 0.6 is 0 Å². The molecule has 3 aromatic rings. The number of hydrogen-bond acceptors (Lipinski definition) is 4. The molecule has 1 aliphatic rings. The summed E-state index contributed by atoms with van der Waals surface area (Å²) in [6.45, 7) is 9.06. The first-order valence-electron chi connectivity index (χ1n) is 13.0. The number of carbonyl (C=O) groups is 2. The Morgan fingerprint density at radius 2 is 1.81 bits per heavy atom. The second-order valence-corrected chi connectivity index (χ2v) is 10.1. The quantitative estimate of drug-likeness (QED) is 0.420. The van der Waals surface area contributed by atoms with Crippen molar-refractivity contribution in [1.29, 1.82) is 0 Å². The number of anilines is 1. The van der Waals surface area contributed by atoms with Gasteiger partial charge in [0.15, 0.2) is 0 Å². The van der Waals surface area contributed by atoms with E-state index >= 15 is 0 Å². The maximum absolute atomic E-state index is 13.2. The van der Waals surface area contributed by atoms with Gasteiger partial charge in [0.1, 0.15) is 6.54 Å². The van der Waals surface area contributed by atoms with E-state index in [1.54, 1.807) is 0 Å². The molecule has 1 saturated heterocycles. The number of nitrogens with one attached hydrogen (secondary N) is 2. The first-order valence-corrected chi connectivity index (χ1v) is 13.0. The Labute approximate surface area is 219 Å². The number of nitrogens with zero attached hydrogens (tertiary/aromatic N) is 3. The molecule has 1 atom stereocenters. The van der Waals surface area contributed by atoms with Gasteiger partial charge in [-0.3, -0.25) is 14.7 Å². The van der Waals surface area contributed by atoms with E-state index in [9.17, 15) is 9.59 Å². The van der Waals surface area contributed by atoms with Gasteiger partial charge in [0.25, 0.3) is 0 Å². The summed E-state index contributed by atoms with van der Waals surface area (Å²) in [5, 5.41) is 5.84. The molecule has 1 aromatic heterocycles. The van der Waals surface area contributed by atoms with Gasteiger partial charge in [-0.15, -0.1) is 0 Å². The van der Waals surface area contributed by atoms with Crippen molar-refractivity contribution in [3.05, 3.63) is 66.4 Å². The lowest BCUT2D eigenvalue weighted by Gasteiger charge is -2.26. The zero-order chi connectivity index (χ0) is 26.4. The zero-order valence-electron chi connectivity index (χ0n) is 22.1. The molecule has 8 heteroatoms. The van der Waals surface area contributed by atoms with Crippen molar-refractivity contribution in [2.75, 3.05) is 25.0 Å². The molecule has 0 unspecified atom stereocenters. The molecule has 0 aliphatic carbocycles. The van der Waals surface area contributed by atoms with Crippen molar-refractivity contribution in [2.24, 2.45) is 0 Å². The van der Waals surface area contributed by atoms with Crippen LogP contribution in [0.2, 0.25) is 0 Å². The van der Waals surface area contributed by atoms with Gasteiger partial charge in [-0.25, -0.2) is 9.78 Å². The van der Waals surface area contributed by atoms with E-state index in [2.05, 4.69) is 36.6 Å². The summed E-state index contributed by atoms with van der Waals surface area (Å²) in [6.07, 6.45) is 3.71. The zero-order valence-corrected chi connectivity index (χ0v) is 22.1. The maximum atomic E-state index is 13.2. The molecule has 2 heterocycles. The fourth-order valence-corrected chi connectivity index (χ4v) is 4.36. The molecular formula is C29H37N5O3. The van der Waals surface area contributed by atoms with Gasteiger partial charge in [-0.05, 0) is 50.3 Å². The van der Waals surface area contributed by atoms with Crippen LogP contribution in [0.3, 0.4) is 0 Å². The first kappa shape index (κ1) is 26.4. The molecule has 4 rings (SSSR count). The van der Waals surface area contributed by atoms with E-state index < -0.39 is 0 Å². The van der Waals surface area contributed by atoms with Crippen molar-refractivity contribution in [1.82, 2.24) is 19.8 Å². The molecule has 3 amide bonds. The van der Waals surface area contributed by atoms with Crippen molar-refractivity contribution >= 4 is 17.9 Å². The number of aromatic nitrogens is 2. The second-order valence-electron chi connectivity index (χ2n) is 10.1. The number of benzene rings is 2. The van der Waals surface area contributed by atoms with Crippen LogP contribution in [0.5, 0.6) is 0 Å². The number of amides is 3. The van der Waals surface area contributed by atoms with Gasteiger partial charge < -0.3 is 15.0 Å². The van der Waals surface area contributed by atoms with Crippen molar-refractivity contribution in [3.8, 4) is 16.9 Å². The number of rotatable bonds is 9. The average molecular weight is 504 g/mol. The van der Waals surface area contributed by atoms with E-state index in [4.69, 9.17) is 9.72 Å². The number of urea groups is 1. The molecular weight excluding hydrogens is 466 g/mol. The number of hydrogen-bond donors (Lipinski definition) is 2. The molecule has 0 bridgehead atoms. The van der Waals surface area contributed by atoms with Crippen LogP contribution in [0.25, 0.3) is 16.9 Å². The van der Waals surface area contributed by atoms with Crippen molar-refractivity contribution < 1.29 is 14.3 Å². The normalized spacial score (nSPS) is 15.2. The Bertz CT molecular complexity index is 1180. The summed E-state index contributed by atoms with van der Waals surface area (Å²) < 4.78 is 7.60. The topological polar surface area (TPSA) is 88.5 Å². The molecule has 0 spiro atoms. The number of ether oxygens (including phenoxy) is 1. The van der Waals surface area contributed by atoms with E-state index in [-0.39, 0.29) is 30.6 Å². The lowest BCUT2D eigenvalue weighted by Crippen LogP contribution is -2.49. The molecule has 0 saturated carbocycles. The highest BCUT2D eigenvalue weighted by Gasteiger charge is 2.25. The van der Waals surface area contributed by atoms with Gasteiger partial charge in [0.2, 0.25) is 11.9 Å². The Morgan fingerprint density at radius 3 is 2.43 bits per heavy atom. The molecule has 196 valence electrons. The smallest absolute Gasteiger partial charge is 0.318 e. The summed E-state index contributed by atoms with van der Waals surface area (Å²) in [5.41, 5.74) is 3.83. The van der Waals surface area contributed by atoms with Crippen LogP contribution in [-0.4, -0.2) is 58.2 Å². The second kappa shape index (κ2) is 12.1. The van der Waals surface area contributed by atoms with Crippen molar-refractivity contribution in [3.63, 3.8) is 0 Å². The standard InChI is InChI=1S/C29H37N5O3/c1-20(2)22-12-14-24(15-13-22)34-18-26(23-9-6-5-7-10-23)31-28(34)32-27(35)19-33(29(36)30-21(3)4)17-25-11-8-16-37-25/h5-7,9-10,12-15,18,20-21,25H,8,11,16-17,19H2,1-4H3,(H,30,36)(H,31,32,35)/t25-/m1/s1. The average Bonchev–Trinajstić information content (AvgIpc) is 3.54. The van der Waals surface area contributed by atoms with E-state index in [1.165, 1.54) is 10.5 Å². The highest BCUT2D eigenvalue weighted by molar-refractivity contribution is 5.93. The Balaban J connectivity index is 1.58. The number of imidazole rings is 1. The maximum Gasteiger partial charge on any atom is 0.318 e. The molecule has 2 aromatic carbocycles. The van der Waals surface area contributed by atoms with Gasteiger partial charge in [-0.1, -0.05) is 56.3 Å². The predicted octanol–water partition coefficient (Wildman–Crippen LogP) is 5.20. The first-order chi connectivity index (χ1) is 17.8. The summed E-state index contributed by atoms with van der Waals surface area (Å²) in [5.74, 6) is 0.507. The highest BCUT2D eigenvalue weighted by atomic mass is 16.5. The summed E-state index contributed by atoms with van der Waals surface area (Å²) in [4.78, 5) is 32.4. The molecule has 8 nitrogen and oxygen atoms in total. The minimum absolute atomic E-state index is 0.0382. The van der Waals surface area contributed by atoms with Crippen molar-refractivity contribution in [2.45, 2.75) is 58.6 Å². The minimum atomic E-state index is -0.317. The fourth-order valence-electron chi connectivity index (χ4n) is 4.36. The third-order valence-electron chi connectivity index (χ3n) is 6.35. The summed E-state index contributed by atoms with van der Waals surface area (Å²) >= 11 is 0. The number of carbonyl (C=O) groups excluding carboxylic acids is 2. The third-order valence-corrected chi connectivity index (χ3v) is 6.35. The van der Waals surface area contributed by atoms with Crippen LogP contribution in [0.15, 0.2) is 60.8 Å². The molecule has 1 fully saturated rings. The molecule has 0 radical (unpaired) electrons. The Morgan fingerprint density at radius 1 is 1.08 bits per heavy atom. The highest BCUT2D eigenvalue weighted by Crippen LogP contribution is 2.25. The van der Waals surface area contributed by atoms with Gasteiger partial charge >= 0.3 is 6.03 Å². The minimum Gasteiger partial charge on any atom is -0.376 e. The molecule has 2 N–H and O–H groups in total. The molecule has 1 aliphatic heterocycles. The van der Waals surface area contributed by atoms with Crippen LogP contribution < -0.4 is 10.6 Å². The fraction of sp³-hybridized carbons (Fsp3) is 0.414. The summed E-state index contributed by atoms with van der Waals surface area (Å²) in [6, 6.07) is 17.8. The van der Waals surface area contributed by atoms with Crippen LogP contribution in [0.1, 0.15) is 52.0 Å². The van der Waals surface area contributed by atoms with Gasteiger partial charge in [-0.2, -0.15) is 0 Å². The lowest BCUT2D eigenvalue weighted by atomic mass is 10.0. The third kappa shape index (κ3) is 6.98. The lowest BCUT2D eigenvalue weighted by molar-refractivity contribution is -0.117. The van der Waals surface area contributed by atoms with Gasteiger partial charge in [0, 0.05) is 36.6 Å². The van der Waals surface area contributed by atoms with Crippen LogP contribution in [0.4, 0.5) is 10.7 Å².